The van der Waals surface area contributed by atoms with E-state index in [0.717, 1.165) is 5.92 Å². The Balaban J connectivity index is 2.57. The second-order valence-corrected chi connectivity index (χ2v) is 3.69. The van der Waals surface area contributed by atoms with Gasteiger partial charge in [-0.2, -0.15) is 0 Å². The van der Waals surface area contributed by atoms with Crippen molar-refractivity contribution >= 4 is 12.2 Å². The van der Waals surface area contributed by atoms with E-state index in [1.807, 2.05) is 12.2 Å². The van der Waals surface area contributed by atoms with Crippen LogP contribution in [0.2, 0.25) is 0 Å². The van der Waals surface area contributed by atoms with Crippen LogP contribution in [0.4, 0.5) is 0 Å². The quantitative estimate of drug-likeness (QED) is 0.635. The fourth-order valence-electron chi connectivity index (χ4n) is 2.00. The van der Waals surface area contributed by atoms with E-state index >= 15 is 0 Å². The molecule has 0 fully saturated rings. The van der Waals surface area contributed by atoms with Gasteiger partial charge in [0.25, 0.3) is 0 Å². The molecule has 0 radical (unpaired) electrons. The van der Waals surface area contributed by atoms with Gasteiger partial charge in [0.2, 0.25) is 0 Å². The van der Waals surface area contributed by atoms with Crippen LogP contribution in [0.1, 0.15) is 35.1 Å². The average Bonchev–Trinajstić information content (AvgIpc) is 2.15. The Hall–Kier alpha value is -1.30. The first-order chi connectivity index (χ1) is 6.26. The standard InChI is InChI=1S/C13H14/c1-4-10-7-12-6-9(3)13(12)8-11(10)5-2/h4-5,7-9H,1-2,6H2,3H3. The number of hydrogen-bond acceptors (Lipinski definition) is 0. The van der Waals surface area contributed by atoms with E-state index < -0.39 is 0 Å². The molecule has 0 amide bonds. The van der Waals surface area contributed by atoms with Crippen LogP contribution in [0, 0.1) is 0 Å². The molecule has 0 heteroatoms. The summed E-state index contributed by atoms with van der Waals surface area (Å²) in [5.41, 5.74) is 5.38. The normalized spacial score (nSPS) is 18.7. The van der Waals surface area contributed by atoms with E-state index in [0.29, 0.717) is 0 Å². The van der Waals surface area contributed by atoms with E-state index in [9.17, 15) is 0 Å². The number of fused-ring (bicyclic) bond motifs is 1. The smallest absolute Gasteiger partial charge is 0.0147 e. The summed E-state index contributed by atoms with van der Waals surface area (Å²) in [6.45, 7) is 9.88. The molecule has 0 saturated heterocycles. The molecule has 0 spiro atoms. The zero-order valence-corrected chi connectivity index (χ0v) is 8.01. The average molecular weight is 170 g/mol. The summed E-state index contributed by atoms with van der Waals surface area (Å²) in [7, 11) is 0. The maximum Gasteiger partial charge on any atom is -0.0147 e. The summed E-state index contributed by atoms with van der Waals surface area (Å²) in [6.07, 6.45) is 5.02. The maximum absolute atomic E-state index is 3.81. The lowest BCUT2D eigenvalue weighted by Crippen LogP contribution is -2.14. The third-order valence-corrected chi connectivity index (χ3v) is 2.84. The molecular formula is C13H14. The Morgan fingerprint density at radius 3 is 2.38 bits per heavy atom. The minimum absolute atomic E-state index is 0.729. The highest BCUT2D eigenvalue weighted by Crippen LogP contribution is 2.36. The molecule has 1 aromatic carbocycles. The van der Waals surface area contributed by atoms with Gasteiger partial charge in [0.15, 0.2) is 0 Å². The van der Waals surface area contributed by atoms with Gasteiger partial charge in [-0.15, -0.1) is 0 Å². The van der Waals surface area contributed by atoms with E-state index in [1.54, 1.807) is 0 Å². The largest absolute Gasteiger partial charge is 0.0984 e. The molecule has 2 rings (SSSR count). The van der Waals surface area contributed by atoms with Gasteiger partial charge in [0, 0.05) is 0 Å². The SMILES string of the molecule is C=Cc1cc2c(cc1C=C)C(C)C2. The molecule has 0 nitrogen and oxygen atoms in total. The number of benzene rings is 1. The monoisotopic (exact) mass is 170 g/mol. The van der Waals surface area contributed by atoms with Crippen LogP contribution < -0.4 is 0 Å². The van der Waals surface area contributed by atoms with E-state index in [1.165, 1.54) is 28.7 Å². The van der Waals surface area contributed by atoms with Crippen LogP contribution >= 0.6 is 0 Å². The van der Waals surface area contributed by atoms with Gasteiger partial charge in [0.05, 0.1) is 0 Å². The lowest BCUT2D eigenvalue weighted by molar-refractivity contribution is 0.667. The van der Waals surface area contributed by atoms with Gasteiger partial charge in [-0.05, 0) is 34.6 Å². The Bertz CT molecular complexity index is 372. The topological polar surface area (TPSA) is 0 Å². The molecule has 1 aliphatic rings. The van der Waals surface area contributed by atoms with Gasteiger partial charge in [-0.3, -0.25) is 0 Å². The summed E-state index contributed by atoms with van der Waals surface area (Å²) in [4.78, 5) is 0. The van der Waals surface area contributed by atoms with Crippen molar-refractivity contribution in [1.29, 1.82) is 0 Å². The Labute approximate surface area is 79.6 Å². The Kier molecular flexibility index (Phi) is 1.84. The van der Waals surface area contributed by atoms with Gasteiger partial charge >= 0.3 is 0 Å². The first-order valence-electron chi connectivity index (χ1n) is 4.68. The third-order valence-electron chi connectivity index (χ3n) is 2.84. The predicted octanol–water partition coefficient (Wildman–Crippen LogP) is 3.63. The highest BCUT2D eigenvalue weighted by atomic mass is 14.3. The minimum Gasteiger partial charge on any atom is -0.0984 e. The predicted molar refractivity (Wildman–Crippen MR) is 58.7 cm³/mol. The first kappa shape index (κ1) is 8.31. The van der Waals surface area contributed by atoms with Crippen molar-refractivity contribution in [2.75, 3.05) is 0 Å². The minimum atomic E-state index is 0.729. The molecule has 13 heavy (non-hydrogen) atoms. The van der Waals surface area contributed by atoms with Crippen LogP contribution in [0.15, 0.2) is 25.3 Å². The van der Waals surface area contributed by atoms with Crippen molar-refractivity contribution in [3.8, 4) is 0 Å². The molecule has 1 unspecified atom stereocenters. The maximum atomic E-state index is 3.81. The molecule has 0 heterocycles. The first-order valence-corrected chi connectivity index (χ1v) is 4.68. The van der Waals surface area contributed by atoms with Crippen LogP contribution in [-0.4, -0.2) is 0 Å². The van der Waals surface area contributed by atoms with Crippen molar-refractivity contribution in [3.63, 3.8) is 0 Å². The van der Waals surface area contributed by atoms with E-state index in [4.69, 9.17) is 0 Å². The Morgan fingerprint density at radius 2 is 1.85 bits per heavy atom. The zero-order chi connectivity index (χ0) is 9.42. The molecular weight excluding hydrogens is 156 g/mol. The molecule has 0 bridgehead atoms. The highest BCUT2D eigenvalue weighted by molar-refractivity contribution is 5.67. The van der Waals surface area contributed by atoms with Crippen molar-refractivity contribution < 1.29 is 0 Å². The van der Waals surface area contributed by atoms with Gasteiger partial charge < -0.3 is 0 Å². The van der Waals surface area contributed by atoms with Crippen LogP contribution in [0.25, 0.3) is 12.2 Å². The second-order valence-electron chi connectivity index (χ2n) is 3.69. The molecule has 1 atom stereocenters. The van der Waals surface area contributed by atoms with Crippen LogP contribution in [-0.2, 0) is 6.42 Å². The lowest BCUT2D eigenvalue weighted by Gasteiger charge is -2.28. The molecule has 1 aliphatic carbocycles. The van der Waals surface area contributed by atoms with Crippen molar-refractivity contribution in [2.45, 2.75) is 19.3 Å². The van der Waals surface area contributed by atoms with Crippen LogP contribution in [0.3, 0.4) is 0 Å². The summed E-state index contributed by atoms with van der Waals surface area (Å²) >= 11 is 0. The summed E-state index contributed by atoms with van der Waals surface area (Å²) in [6, 6.07) is 4.48. The van der Waals surface area contributed by atoms with Crippen LogP contribution in [0.5, 0.6) is 0 Å². The van der Waals surface area contributed by atoms with Crippen molar-refractivity contribution in [3.05, 3.63) is 47.5 Å². The molecule has 0 aliphatic heterocycles. The fraction of sp³-hybridized carbons (Fsp3) is 0.231. The number of rotatable bonds is 2. The Morgan fingerprint density at radius 1 is 1.23 bits per heavy atom. The summed E-state index contributed by atoms with van der Waals surface area (Å²) < 4.78 is 0. The van der Waals surface area contributed by atoms with Crippen molar-refractivity contribution in [2.24, 2.45) is 0 Å². The van der Waals surface area contributed by atoms with Gasteiger partial charge in [-0.1, -0.05) is 44.4 Å². The van der Waals surface area contributed by atoms with E-state index in [-0.39, 0.29) is 0 Å². The molecule has 66 valence electrons. The van der Waals surface area contributed by atoms with Gasteiger partial charge in [-0.25, -0.2) is 0 Å². The lowest BCUT2D eigenvalue weighted by atomic mass is 9.77. The summed E-state index contributed by atoms with van der Waals surface area (Å²) in [5, 5.41) is 0. The molecule has 0 aromatic heterocycles. The molecule has 0 N–H and O–H groups in total. The molecule has 0 saturated carbocycles. The van der Waals surface area contributed by atoms with E-state index in [2.05, 4.69) is 32.2 Å². The number of hydrogen-bond donors (Lipinski definition) is 0. The third kappa shape index (κ3) is 1.14. The van der Waals surface area contributed by atoms with Crippen molar-refractivity contribution in [1.82, 2.24) is 0 Å². The van der Waals surface area contributed by atoms with Gasteiger partial charge in [0.1, 0.15) is 0 Å². The zero-order valence-electron chi connectivity index (χ0n) is 8.01. The highest BCUT2D eigenvalue weighted by Gasteiger charge is 2.22. The molecule has 1 aromatic rings. The fourth-order valence-corrected chi connectivity index (χ4v) is 2.00. The second kappa shape index (κ2) is 2.88. The summed E-state index contributed by atoms with van der Waals surface area (Å²) in [5.74, 6) is 0.729.